The maximum Gasteiger partial charge on any atom is 0.407 e. The molecule has 4 amide bonds. The van der Waals surface area contributed by atoms with Gasteiger partial charge >= 0.3 is 12.1 Å². The first-order chi connectivity index (χ1) is 29.7. The van der Waals surface area contributed by atoms with E-state index in [0.717, 1.165) is 0 Å². The Bertz CT molecular complexity index is 1990. The van der Waals surface area contributed by atoms with Crippen molar-refractivity contribution >= 4 is 41.5 Å². The van der Waals surface area contributed by atoms with Crippen molar-refractivity contribution < 1.29 is 49.2 Å². The molecule has 2 aromatic carbocycles. The number of rotatable bonds is 23. The van der Waals surface area contributed by atoms with Crippen LogP contribution in [-0.2, 0) is 46.3 Å². The first kappa shape index (κ1) is 35.9. The van der Waals surface area contributed by atoms with Crippen LogP contribution in [-0.4, -0.2) is 77.9 Å². The average Bonchev–Trinajstić information content (AvgIpc) is 3.15. The van der Waals surface area contributed by atoms with Crippen molar-refractivity contribution in [1.82, 2.24) is 16.0 Å². The summed E-state index contributed by atoms with van der Waals surface area (Å²) in [4.78, 5) is 85.0. The molecule has 0 spiro atoms. The van der Waals surface area contributed by atoms with E-state index in [1.165, 1.54) is 20.8 Å². The molecule has 0 aromatic heterocycles. The van der Waals surface area contributed by atoms with E-state index in [0.29, 0.717) is 11.1 Å². The largest absolute Gasteiger partial charge is 0.460 e. The van der Waals surface area contributed by atoms with Crippen molar-refractivity contribution in [1.29, 1.82) is 0 Å². The van der Waals surface area contributed by atoms with Crippen molar-refractivity contribution in [2.24, 2.45) is 34.0 Å². The minimum Gasteiger partial charge on any atom is -0.460 e. The molecule has 15 heteroatoms. The molecule has 57 heavy (non-hydrogen) atoms. The number of carbonyl (C=O) groups is 6. The molecular weight excluding hydrogens is 731 g/mol. The summed E-state index contributed by atoms with van der Waals surface area (Å²) in [7, 11) is 0. The monoisotopic (exact) mass is 802 g/mol. The lowest BCUT2D eigenvalue weighted by molar-refractivity contribution is -0.157. The Morgan fingerprint density at radius 1 is 0.719 bits per heavy atom. The van der Waals surface area contributed by atoms with Gasteiger partial charge in [-0.25, -0.2) is 4.79 Å². The Balaban J connectivity index is 2.57. The zero-order chi connectivity index (χ0) is 49.8. The van der Waals surface area contributed by atoms with Gasteiger partial charge in [0, 0.05) is 36.3 Å². The number of Topliss-reactive ketones (excluding diaryl/α,β-unsaturated/α-hetero) is 1. The fourth-order valence-electron chi connectivity index (χ4n) is 5.35. The molecule has 2 aromatic rings. The van der Waals surface area contributed by atoms with Crippen LogP contribution < -0.4 is 33.2 Å². The van der Waals surface area contributed by atoms with E-state index in [4.69, 9.17) is 37.6 Å². The molecule has 9 N–H and O–H groups in total. The summed E-state index contributed by atoms with van der Waals surface area (Å²) in [6.07, 6.45) is -14.5. The highest BCUT2D eigenvalue weighted by molar-refractivity contribution is 5.95. The molecule has 0 aliphatic carbocycles. The van der Waals surface area contributed by atoms with Gasteiger partial charge < -0.3 is 42.6 Å². The molecular formula is C42H63N7O8. The van der Waals surface area contributed by atoms with E-state index in [1.807, 2.05) is 5.32 Å². The topological polar surface area (TPSA) is 247 Å². The summed E-state index contributed by atoms with van der Waals surface area (Å²) >= 11 is 0. The van der Waals surface area contributed by atoms with Crippen molar-refractivity contribution in [3.05, 3.63) is 71.8 Å². The second-order valence-electron chi connectivity index (χ2n) is 15.2. The molecule has 314 valence electrons. The number of nitrogens with one attached hydrogen (secondary N) is 3. The van der Waals surface area contributed by atoms with E-state index in [2.05, 4.69) is 10.3 Å². The van der Waals surface area contributed by atoms with Crippen LogP contribution in [0.15, 0.2) is 65.7 Å². The molecule has 0 radical (unpaired) electrons. The molecule has 0 saturated carbocycles. The Labute approximate surface area is 347 Å². The Hall–Kier alpha value is -5.47. The van der Waals surface area contributed by atoms with Crippen LogP contribution in [0.5, 0.6) is 0 Å². The summed E-state index contributed by atoms with van der Waals surface area (Å²) in [5, 5.41) is 6.34. The van der Waals surface area contributed by atoms with E-state index < -0.39 is 103 Å². The van der Waals surface area contributed by atoms with Gasteiger partial charge in [0.2, 0.25) is 17.7 Å². The van der Waals surface area contributed by atoms with E-state index in [9.17, 15) is 28.8 Å². The predicted molar refractivity (Wildman–Crippen MR) is 218 cm³/mol. The number of hydrogen-bond donors (Lipinski definition) is 6. The van der Waals surface area contributed by atoms with Gasteiger partial charge in [-0.3, -0.25) is 29.0 Å². The molecule has 0 bridgehead atoms. The smallest absolute Gasteiger partial charge is 0.407 e. The number of amides is 4. The number of nitrogens with two attached hydrogens (primary N) is 3. The summed E-state index contributed by atoms with van der Waals surface area (Å²) in [6, 6.07) is 13.0. The van der Waals surface area contributed by atoms with Crippen LogP contribution in [0.2, 0.25) is 0 Å². The van der Waals surface area contributed by atoms with Crippen molar-refractivity contribution in [2.45, 2.75) is 122 Å². The molecule has 15 nitrogen and oxygen atoms in total. The zero-order valence-electron chi connectivity index (χ0n) is 41.5. The van der Waals surface area contributed by atoms with Crippen LogP contribution in [0.1, 0.15) is 108 Å². The van der Waals surface area contributed by atoms with Crippen LogP contribution in [0.3, 0.4) is 0 Å². The molecule has 0 heterocycles. The number of hydrogen-bond acceptors (Lipinski definition) is 9. The minimum atomic E-state index is -4.05. The standard InChI is InChI=1S/C42H63N7O8/c1-41(2,3)56-35(51)27-31(25-29-18-11-8-12-19-29)38(54)48-32(21-15-23-46-39(44)45)34(50)26-30(24-28-16-9-7-10-17-28)37(53)49-33(36(43)52)20-13-14-22-47-40(55)57-42(4,5)6/h7-12,16-19,30-33H,13-15,20-27H2,1-6H3,(H2,43,52)(H,47,55)(H,48,54)(H,49,53)(H4,44,45,46)/t30-,31-,32-,33+/m1/s1/i13D2,14D2,20D2,22D2. The SMILES string of the molecule is [2H]C([2H])(NC(=O)OC(C)(C)C)C([2H])([2H])C([2H])([2H])C([2H])([2H])[C@H](NC(=O)[C@@H](CC(=O)[C@@H](CCCN=C(N)N)NC(=O)[C@@H](CC(=O)OC(C)(C)C)Cc1ccccc1)Cc1ccccc1)C(N)=O. The molecule has 0 saturated heterocycles. The van der Waals surface area contributed by atoms with Gasteiger partial charge in [0.05, 0.1) is 18.4 Å². The van der Waals surface area contributed by atoms with Crippen LogP contribution >= 0.6 is 0 Å². The number of carbonyl (C=O) groups excluding carboxylic acids is 6. The summed E-state index contributed by atoms with van der Waals surface area (Å²) < 4.78 is 78.4. The number of aliphatic imine (C=N–C) groups is 1. The first-order valence-electron chi connectivity index (χ1n) is 22.5. The lowest BCUT2D eigenvalue weighted by Crippen LogP contribution is -2.49. The van der Waals surface area contributed by atoms with Crippen LogP contribution in [0, 0.1) is 11.8 Å². The van der Waals surface area contributed by atoms with Crippen molar-refractivity contribution in [3.63, 3.8) is 0 Å². The van der Waals surface area contributed by atoms with E-state index in [-0.39, 0.29) is 44.6 Å². The number of benzene rings is 2. The van der Waals surface area contributed by atoms with Crippen molar-refractivity contribution in [2.75, 3.05) is 13.0 Å². The minimum absolute atomic E-state index is 0.0390. The Kier molecular flexibility index (Phi) is 14.8. The third kappa shape index (κ3) is 20.9. The molecule has 0 aliphatic heterocycles. The van der Waals surface area contributed by atoms with Gasteiger partial charge in [0.1, 0.15) is 17.2 Å². The highest BCUT2D eigenvalue weighted by Crippen LogP contribution is 2.20. The fourth-order valence-corrected chi connectivity index (χ4v) is 5.35. The number of esters is 1. The molecule has 0 fully saturated rings. The number of ether oxygens (including phenoxy) is 2. The Morgan fingerprint density at radius 2 is 1.23 bits per heavy atom. The third-order valence-electron chi connectivity index (χ3n) is 7.80. The number of primary amides is 1. The van der Waals surface area contributed by atoms with Crippen LogP contribution in [0.25, 0.3) is 0 Å². The van der Waals surface area contributed by atoms with E-state index in [1.54, 1.807) is 86.8 Å². The third-order valence-corrected chi connectivity index (χ3v) is 7.80. The lowest BCUT2D eigenvalue weighted by Gasteiger charge is -2.26. The highest BCUT2D eigenvalue weighted by atomic mass is 16.6. The lowest BCUT2D eigenvalue weighted by atomic mass is 9.89. The first-order valence-corrected chi connectivity index (χ1v) is 18.5. The predicted octanol–water partition coefficient (Wildman–Crippen LogP) is 3.60. The zero-order valence-corrected chi connectivity index (χ0v) is 33.5. The van der Waals surface area contributed by atoms with E-state index >= 15 is 0 Å². The van der Waals surface area contributed by atoms with Gasteiger partial charge in [-0.05, 0) is 97.5 Å². The maximum absolute atomic E-state index is 14.4. The van der Waals surface area contributed by atoms with Crippen molar-refractivity contribution in [3.8, 4) is 0 Å². The second-order valence-corrected chi connectivity index (χ2v) is 15.2. The van der Waals surface area contributed by atoms with Gasteiger partial charge in [-0.15, -0.1) is 0 Å². The quantitative estimate of drug-likeness (QED) is 0.0413. The average molecular weight is 802 g/mol. The highest BCUT2D eigenvalue weighted by Gasteiger charge is 2.32. The number of nitrogens with zero attached hydrogens (tertiary/aromatic N) is 1. The number of alkyl carbamates (subject to hydrolysis) is 1. The summed E-state index contributed by atoms with van der Waals surface area (Å²) in [5.74, 6) is -7.70. The second kappa shape index (κ2) is 23.6. The van der Waals surface area contributed by atoms with Gasteiger partial charge in [-0.1, -0.05) is 60.7 Å². The molecule has 0 aliphatic rings. The summed E-state index contributed by atoms with van der Waals surface area (Å²) in [5.41, 5.74) is 15.6. The Morgan fingerprint density at radius 3 is 1.72 bits per heavy atom. The number of guanidine groups is 1. The van der Waals surface area contributed by atoms with Gasteiger partial charge in [0.25, 0.3) is 0 Å². The number of ketones is 1. The maximum atomic E-state index is 14.4. The summed E-state index contributed by atoms with van der Waals surface area (Å²) in [6.45, 7) is 5.65. The molecule has 0 unspecified atom stereocenters. The van der Waals surface area contributed by atoms with Crippen LogP contribution in [0.4, 0.5) is 4.79 Å². The molecule has 4 atom stereocenters. The fraction of sp³-hybridized carbons (Fsp3) is 0.548. The molecule has 2 rings (SSSR count). The normalized spacial score (nSPS) is 16.6. The van der Waals surface area contributed by atoms with Gasteiger partial charge in [-0.2, -0.15) is 0 Å². The van der Waals surface area contributed by atoms with Gasteiger partial charge in [0.15, 0.2) is 11.7 Å².